The number of rotatable bonds is 1. The van der Waals surface area contributed by atoms with Gasteiger partial charge in [0.1, 0.15) is 0 Å². The molecule has 3 nitrogen and oxygen atoms in total. The number of hydrogen-bond acceptors (Lipinski definition) is 2. The van der Waals surface area contributed by atoms with Gasteiger partial charge in [-0.05, 0) is 0 Å². The number of aliphatic hydroxyl groups is 1. The minimum atomic E-state index is -3.34. The number of carboxylic acids is 1. The van der Waals surface area contributed by atoms with Crippen molar-refractivity contribution < 1.29 is 15.0 Å². The van der Waals surface area contributed by atoms with Gasteiger partial charge < -0.3 is 5.11 Å². The van der Waals surface area contributed by atoms with Crippen molar-refractivity contribution in [3.8, 4) is 0 Å². The first kappa shape index (κ1) is 15.3. The molecule has 0 aliphatic heterocycles. The van der Waals surface area contributed by atoms with Gasteiger partial charge in [-0.3, -0.25) is 4.79 Å². The summed E-state index contributed by atoms with van der Waals surface area (Å²) < 4.78 is -1.08. The molecule has 0 atom stereocenters. The molecule has 0 radical (unpaired) electrons. The van der Waals surface area contributed by atoms with E-state index in [0.717, 1.165) is 6.92 Å². The molecule has 0 amide bonds. The van der Waals surface area contributed by atoms with Gasteiger partial charge in [0, 0.05) is 6.92 Å². The van der Waals surface area contributed by atoms with Crippen LogP contribution in [0.5, 0.6) is 0 Å². The fourth-order valence-corrected chi connectivity index (χ4v) is 0. The van der Waals surface area contributed by atoms with Crippen molar-refractivity contribution in [2.24, 2.45) is 0 Å². The Morgan fingerprint density at radius 1 is 1.33 bits per heavy atom. The molecule has 0 unspecified atom stereocenters. The molecule has 0 spiro atoms. The van der Waals surface area contributed by atoms with E-state index in [1.165, 1.54) is 13.8 Å². The molecule has 0 aliphatic carbocycles. The van der Waals surface area contributed by atoms with E-state index in [9.17, 15) is 0 Å². The number of aliphatic carboxylic acids is 1. The maximum atomic E-state index is 9.04. The van der Waals surface area contributed by atoms with Crippen LogP contribution in [0.1, 0.15) is 20.8 Å². The Balaban J connectivity index is 0. The molecule has 0 saturated heterocycles. The van der Waals surface area contributed by atoms with Gasteiger partial charge in [0.25, 0.3) is 5.97 Å². The Labute approximate surface area is 86.5 Å². The van der Waals surface area contributed by atoms with Crippen LogP contribution in [0.4, 0.5) is 0 Å². The third kappa shape index (κ3) is 10.8. The summed E-state index contributed by atoms with van der Waals surface area (Å²) in [6, 6.07) is 0. The monoisotopic (exact) mass is 298 g/mol. The molecule has 0 bridgehead atoms. The molecule has 0 rings (SSSR count). The molecular weight excluding hydrogens is 287 g/mol. The van der Waals surface area contributed by atoms with Crippen molar-refractivity contribution in [2.45, 2.75) is 25.2 Å². The maximum absolute atomic E-state index is 9.04. The van der Waals surface area contributed by atoms with Gasteiger partial charge in [0.15, 0.2) is 0 Å². The molecule has 0 saturated carbocycles. The molecule has 0 aromatic heterocycles. The van der Waals surface area contributed by atoms with Gasteiger partial charge in [0.2, 0.25) is 0 Å². The van der Waals surface area contributed by atoms with E-state index >= 15 is 0 Å². The van der Waals surface area contributed by atoms with Crippen molar-refractivity contribution >= 4 is 46.5 Å². The van der Waals surface area contributed by atoms with Crippen LogP contribution in [-0.2, 0) is 4.79 Å². The summed E-state index contributed by atoms with van der Waals surface area (Å²) in [5.41, 5.74) is 0. The summed E-state index contributed by atoms with van der Waals surface area (Å²) in [6.45, 7) is 4.11. The van der Waals surface area contributed by atoms with Gasteiger partial charge >= 0.3 is 63.9 Å². The molecule has 74 valence electrons. The first-order valence-electron chi connectivity index (χ1n) is 2.97. The summed E-state index contributed by atoms with van der Waals surface area (Å²) in [4.78, 5) is 9.00. The van der Waals surface area contributed by atoms with Crippen molar-refractivity contribution in [1.82, 2.24) is 0 Å². The van der Waals surface area contributed by atoms with Crippen LogP contribution in [0.2, 0.25) is 0 Å². The minimum absolute atomic E-state index is 0.833. The zero-order chi connectivity index (χ0) is 10.6. The average molecular weight is 298 g/mol. The molecule has 0 aliphatic rings. The van der Waals surface area contributed by atoms with Gasteiger partial charge in [-0.15, -0.1) is 0 Å². The van der Waals surface area contributed by atoms with Crippen molar-refractivity contribution in [2.75, 3.05) is 0 Å². The summed E-state index contributed by atoms with van der Waals surface area (Å²) in [5.74, 6) is -0.833. The topological polar surface area (TPSA) is 57.5 Å². The van der Waals surface area contributed by atoms with Gasteiger partial charge in [-0.1, -0.05) is 0 Å². The second kappa shape index (κ2) is 5.55. The van der Waals surface area contributed by atoms with Crippen LogP contribution in [0.25, 0.3) is 0 Å². The molecule has 0 aromatic carbocycles. The van der Waals surface area contributed by atoms with E-state index in [1.54, 1.807) is 0 Å². The van der Waals surface area contributed by atoms with Crippen molar-refractivity contribution in [1.29, 1.82) is 0 Å². The number of halogens is 3. The summed E-state index contributed by atoms with van der Waals surface area (Å²) in [5, 5.41) is 16.5. The van der Waals surface area contributed by atoms with Crippen LogP contribution in [0.3, 0.4) is 0 Å². The Morgan fingerprint density at radius 3 is 1.42 bits per heavy atom. The molecule has 0 aromatic rings. The first-order valence-corrected chi connectivity index (χ1v) is 12.3. The first-order chi connectivity index (χ1) is 4.98. The predicted octanol–water partition coefficient (Wildman–Crippen LogP) is 2.04. The van der Waals surface area contributed by atoms with E-state index in [1.807, 2.05) is 0 Å². The van der Waals surface area contributed by atoms with Crippen LogP contribution >= 0.6 is 30.0 Å². The number of carbonyl (C=O) groups is 1. The predicted molar refractivity (Wildman–Crippen MR) is 52.9 cm³/mol. The van der Waals surface area contributed by atoms with Crippen LogP contribution in [0, 0.1) is 0 Å². The van der Waals surface area contributed by atoms with Crippen molar-refractivity contribution in [3.63, 3.8) is 0 Å². The molecule has 7 heteroatoms. The number of carboxylic acid groups (broad SMARTS) is 1. The SMILES string of the molecule is CC(=O)O.C[C](C)(O)[Ge]([Cl])([Cl])[Cl]. The quantitative estimate of drug-likeness (QED) is 0.728. The second-order valence-electron chi connectivity index (χ2n) is 2.58. The van der Waals surface area contributed by atoms with Gasteiger partial charge in [-0.2, -0.15) is 0 Å². The third-order valence-corrected chi connectivity index (χ3v) is 10.8. The molecule has 0 heterocycles. The van der Waals surface area contributed by atoms with Crippen LogP contribution in [-0.4, -0.2) is 31.1 Å². The Kier molecular flexibility index (Phi) is 7.08. The number of hydrogen-bond donors (Lipinski definition) is 2. The van der Waals surface area contributed by atoms with E-state index in [-0.39, 0.29) is 0 Å². The molecule has 2 N–H and O–H groups in total. The van der Waals surface area contributed by atoms with Gasteiger partial charge in [-0.25, -0.2) is 0 Å². The Bertz CT molecular complexity index is 133. The zero-order valence-corrected chi connectivity index (χ0v) is 11.3. The summed E-state index contributed by atoms with van der Waals surface area (Å²) in [7, 11) is 13.1. The fraction of sp³-hybridized carbons (Fsp3) is 0.800. The summed E-state index contributed by atoms with van der Waals surface area (Å²) in [6.07, 6.45) is 0. The van der Waals surface area contributed by atoms with Crippen molar-refractivity contribution in [3.05, 3.63) is 0 Å². The normalized spacial score (nSPS) is 11.6. The third-order valence-electron chi connectivity index (χ3n) is 0.694. The van der Waals surface area contributed by atoms with E-state index in [4.69, 9.17) is 45.0 Å². The van der Waals surface area contributed by atoms with E-state index < -0.39 is 20.9 Å². The average Bonchev–Trinajstić information content (AvgIpc) is 1.55. The van der Waals surface area contributed by atoms with Gasteiger partial charge in [0.05, 0.1) is 0 Å². The zero-order valence-electron chi connectivity index (χ0n) is 6.94. The second-order valence-corrected chi connectivity index (χ2v) is 19.1. The van der Waals surface area contributed by atoms with Crippen LogP contribution < -0.4 is 0 Å². The molecule has 0 fully saturated rings. The standard InChI is InChI=1S/C3H7Cl3GeO.C2H4O2/c1-3(2,8)7(4,5)6;1-2(3)4/h8H,1-2H3;1H3,(H,3,4). The van der Waals surface area contributed by atoms with E-state index in [2.05, 4.69) is 0 Å². The summed E-state index contributed by atoms with van der Waals surface area (Å²) >= 11 is 0. The fourth-order valence-electron chi connectivity index (χ4n) is 0. The van der Waals surface area contributed by atoms with E-state index in [0.29, 0.717) is 0 Å². The molecular formula is C5H11Cl3GeO3. The Hall–Kier alpha value is 0.843. The van der Waals surface area contributed by atoms with Crippen LogP contribution in [0.15, 0.2) is 0 Å². The molecule has 12 heavy (non-hydrogen) atoms. The Morgan fingerprint density at radius 2 is 1.42 bits per heavy atom.